The number of ether oxygens (including phenoxy) is 1. The van der Waals surface area contributed by atoms with Gasteiger partial charge in [0, 0.05) is 5.69 Å². The summed E-state index contributed by atoms with van der Waals surface area (Å²) in [4.78, 5) is 23.9. The number of carbonyl (C=O) groups is 2. The van der Waals surface area contributed by atoms with E-state index in [0.29, 0.717) is 11.4 Å². The summed E-state index contributed by atoms with van der Waals surface area (Å²) in [7, 11) is 0. The fourth-order valence-electron chi connectivity index (χ4n) is 3.78. The minimum Gasteiger partial charge on any atom is -0.482 e. The minimum absolute atomic E-state index is 0.0204. The van der Waals surface area contributed by atoms with E-state index in [1.807, 2.05) is 19.1 Å². The van der Waals surface area contributed by atoms with E-state index in [1.165, 1.54) is 0 Å². The first-order valence-corrected chi connectivity index (χ1v) is 9.33. The van der Waals surface area contributed by atoms with E-state index < -0.39 is 11.4 Å². The van der Waals surface area contributed by atoms with Crippen LogP contribution in [0, 0.1) is 6.92 Å². The molecule has 1 fully saturated rings. The summed E-state index contributed by atoms with van der Waals surface area (Å²) >= 11 is 0. The van der Waals surface area contributed by atoms with E-state index >= 15 is 0 Å². The fraction of sp³-hybridized carbons (Fsp3) is 0.364. The van der Waals surface area contributed by atoms with Crippen molar-refractivity contribution in [2.24, 2.45) is 0 Å². The van der Waals surface area contributed by atoms with Gasteiger partial charge in [0.15, 0.2) is 6.61 Å². The molecule has 142 valence electrons. The van der Waals surface area contributed by atoms with Crippen molar-refractivity contribution < 1.29 is 19.4 Å². The number of amides is 1. The van der Waals surface area contributed by atoms with Gasteiger partial charge in [-0.1, -0.05) is 49.1 Å². The summed E-state index contributed by atoms with van der Waals surface area (Å²) in [6, 6.07) is 15.0. The second-order valence-corrected chi connectivity index (χ2v) is 7.17. The summed E-state index contributed by atoms with van der Waals surface area (Å²) in [6.07, 6.45) is 4.95. The molecule has 2 aromatic carbocycles. The molecule has 1 saturated carbocycles. The summed E-state index contributed by atoms with van der Waals surface area (Å²) < 4.78 is 5.13. The molecule has 5 heteroatoms. The summed E-state index contributed by atoms with van der Waals surface area (Å²) in [6.45, 7) is 1.66. The Morgan fingerprint density at radius 3 is 2.41 bits per heavy atom. The Labute approximate surface area is 159 Å². The van der Waals surface area contributed by atoms with Crippen LogP contribution < -0.4 is 10.1 Å². The van der Waals surface area contributed by atoms with Crippen LogP contribution in [0.2, 0.25) is 0 Å². The number of carboxylic acid groups (broad SMARTS) is 1. The zero-order chi connectivity index (χ0) is 19.3. The number of hydrogen-bond acceptors (Lipinski definition) is 3. The van der Waals surface area contributed by atoms with Crippen molar-refractivity contribution in [1.82, 2.24) is 0 Å². The predicted molar refractivity (Wildman–Crippen MR) is 104 cm³/mol. The summed E-state index contributed by atoms with van der Waals surface area (Å²) in [5.74, 6) is -0.543. The van der Waals surface area contributed by atoms with Gasteiger partial charge in [0.25, 0.3) is 0 Å². The van der Waals surface area contributed by atoms with Crippen LogP contribution in [0.15, 0.2) is 48.5 Å². The van der Waals surface area contributed by atoms with E-state index in [4.69, 9.17) is 9.84 Å². The van der Waals surface area contributed by atoms with E-state index in [9.17, 15) is 9.59 Å². The van der Waals surface area contributed by atoms with Gasteiger partial charge in [0.1, 0.15) is 5.75 Å². The van der Waals surface area contributed by atoms with Crippen LogP contribution in [0.25, 0.3) is 0 Å². The number of benzene rings is 2. The molecule has 1 amide bonds. The summed E-state index contributed by atoms with van der Waals surface area (Å²) in [5.41, 5.74) is 2.43. The number of rotatable bonds is 6. The lowest BCUT2D eigenvalue weighted by molar-refractivity contribution is -0.139. The molecule has 0 bridgehead atoms. The molecule has 0 atom stereocenters. The molecule has 5 nitrogen and oxygen atoms in total. The average molecular weight is 367 g/mol. The van der Waals surface area contributed by atoms with Gasteiger partial charge in [-0.2, -0.15) is 0 Å². The summed E-state index contributed by atoms with van der Waals surface area (Å²) in [5, 5.41) is 11.7. The van der Waals surface area contributed by atoms with Gasteiger partial charge in [0.05, 0.1) is 5.41 Å². The fourth-order valence-corrected chi connectivity index (χ4v) is 3.78. The van der Waals surface area contributed by atoms with Crippen LogP contribution in [0.4, 0.5) is 5.69 Å². The molecule has 0 heterocycles. The zero-order valence-corrected chi connectivity index (χ0v) is 15.5. The largest absolute Gasteiger partial charge is 0.482 e. The Kier molecular flexibility index (Phi) is 5.79. The molecule has 27 heavy (non-hydrogen) atoms. The number of nitrogens with one attached hydrogen (secondary N) is 1. The van der Waals surface area contributed by atoms with Crippen molar-refractivity contribution in [2.45, 2.75) is 44.4 Å². The van der Waals surface area contributed by atoms with Gasteiger partial charge < -0.3 is 15.2 Å². The van der Waals surface area contributed by atoms with Crippen LogP contribution in [0.3, 0.4) is 0 Å². The maximum Gasteiger partial charge on any atom is 0.341 e. The molecule has 2 N–H and O–H groups in total. The smallest absolute Gasteiger partial charge is 0.341 e. The molecule has 3 rings (SSSR count). The second kappa shape index (κ2) is 8.25. The van der Waals surface area contributed by atoms with E-state index in [2.05, 4.69) is 17.4 Å². The third kappa shape index (κ3) is 4.48. The van der Waals surface area contributed by atoms with Gasteiger partial charge in [-0.25, -0.2) is 4.79 Å². The van der Waals surface area contributed by atoms with Crippen molar-refractivity contribution in [3.05, 3.63) is 59.7 Å². The Morgan fingerprint density at radius 2 is 1.78 bits per heavy atom. The van der Waals surface area contributed by atoms with E-state index in [-0.39, 0.29) is 12.5 Å². The average Bonchev–Trinajstić information content (AvgIpc) is 2.68. The molecule has 0 unspecified atom stereocenters. The normalized spacial score (nSPS) is 15.7. The monoisotopic (exact) mass is 367 g/mol. The van der Waals surface area contributed by atoms with Crippen LogP contribution >= 0.6 is 0 Å². The van der Waals surface area contributed by atoms with Gasteiger partial charge in [-0.05, 0) is 49.6 Å². The minimum atomic E-state index is -1.02. The highest BCUT2D eigenvalue weighted by Crippen LogP contribution is 2.40. The number of carbonyl (C=O) groups excluding carboxylic acids is 1. The van der Waals surface area contributed by atoms with Crippen LogP contribution in [0.5, 0.6) is 5.75 Å². The SMILES string of the molecule is Cc1cccc(C2(C(=O)Nc3ccc(OCC(=O)O)cc3)CCCCC2)c1. The highest BCUT2D eigenvalue weighted by molar-refractivity contribution is 5.99. The zero-order valence-electron chi connectivity index (χ0n) is 15.5. The standard InChI is InChI=1S/C22H25NO4/c1-16-6-5-7-17(14-16)22(12-3-2-4-13-22)21(26)23-18-8-10-19(11-9-18)27-15-20(24)25/h5-11,14H,2-4,12-13,15H2,1H3,(H,23,26)(H,24,25). The second-order valence-electron chi connectivity index (χ2n) is 7.17. The van der Waals surface area contributed by atoms with E-state index in [1.54, 1.807) is 24.3 Å². The van der Waals surface area contributed by atoms with Crippen molar-refractivity contribution in [2.75, 3.05) is 11.9 Å². The Bertz CT molecular complexity index is 807. The van der Waals surface area contributed by atoms with Crippen LogP contribution in [-0.4, -0.2) is 23.6 Å². The lowest BCUT2D eigenvalue weighted by Gasteiger charge is -2.36. The molecular weight excluding hydrogens is 342 g/mol. The highest BCUT2D eigenvalue weighted by Gasteiger charge is 2.41. The lowest BCUT2D eigenvalue weighted by atomic mass is 9.68. The molecule has 0 saturated heterocycles. The molecular formula is C22H25NO4. The van der Waals surface area contributed by atoms with Crippen LogP contribution in [0.1, 0.15) is 43.2 Å². The maximum absolute atomic E-state index is 13.3. The molecule has 0 aromatic heterocycles. The molecule has 0 spiro atoms. The predicted octanol–water partition coefficient (Wildman–Crippen LogP) is 4.30. The Hall–Kier alpha value is -2.82. The Morgan fingerprint density at radius 1 is 1.07 bits per heavy atom. The first-order chi connectivity index (χ1) is 13.0. The van der Waals surface area contributed by atoms with Crippen molar-refractivity contribution >= 4 is 17.6 Å². The molecule has 2 aromatic rings. The number of aliphatic carboxylic acids is 1. The molecule has 0 aliphatic heterocycles. The van der Waals surface area contributed by atoms with Crippen molar-refractivity contribution in [1.29, 1.82) is 0 Å². The third-order valence-corrected chi connectivity index (χ3v) is 5.19. The van der Waals surface area contributed by atoms with E-state index in [0.717, 1.165) is 43.2 Å². The molecule has 1 aliphatic rings. The number of carboxylic acids is 1. The Balaban J connectivity index is 1.78. The maximum atomic E-state index is 13.3. The number of aryl methyl sites for hydroxylation is 1. The number of anilines is 1. The van der Waals surface area contributed by atoms with Gasteiger partial charge in [-0.3, -0.25) is 4.79 Å². The topological polar surface area (TPSA) is 75.6 Å². The first-order valence-electron chi connectivity index (χ1n) is 9.33. The third-order valence-electron chi connectivity index (χ3n) is 5.19. The van der Waals surface area contributed by atoms with Crippen LogP contribution in [-0.2, 0) is 15.0 Å². The first kappa shape index (κ1) is 19.0. The number of hydrogen-bond donors (Lipinski definition) is 2. The van der Waals surface area contributed by atoms with Crippen molar-refractivity contribution in [3.63, 3.8) is 0 Å². The lowest BCUT2D eigenvalue weighted by Crippen LogP contribution is -2.42. The van der Waals surface area contributed by atoms with Gasteiger partial charge in [0.2, 0.25) is 5.91 Å². The van der Waals surface area contributed by atoms with Crippen molar-refractivity contribution in [3.8, 4) is 5.75 Å². The molecule has 0 radical (unpaired) electrons. The van der Waals surface area contributed by atoms with Gasteiger partial charge in [-0.15, -0.1) is 0 Å². The highest BCUT2D eigenvalue weighted by atomic mass is 16.5. The quantitative estimate of drug-likeness (QED) is 0.798. The van der Waals surface area contributed by atoms with Gasteiger partial charge >= 0.3 is 5.97 Å². The molecule has 1 aliphatic carbocycles.